The van der Waals surface area contributed by atoms with Crippen LogP contribution in [0.5, 0.6) is 0 Å². The van der Waals surface area contributed by atoms with Crippen molar-refractivity contribution >= 4 is 29.5 Å². The van der Waals surface area contributed by atoms with Gasteiger partial charge < -0.3 is 25.2 Å². The van der Waals surface area contributed by atoms with Crippen LogP contribution >= 0.6 is 0 Å². The summed E-state index contributed by atoms with van der Waals surface area (Å²) in [6, 6.07) is 17.1. The van der Waals surface area contributed by atoms with E-state index in [9.17, 15) is 29.1 Å². The van der Waals surface area contributed by atoms with Crippen LogP contribution in [0, 0.1) is 0 Å². The minimum absolute atomic E-state index is 0.00684. The van der Waals surface area contributed by atoms with Gasteiger partial charge in [0, 0.05) is 19.3 Å². The molecule has 0 heterocycles. The Labute approximate surface area is 235 Å². The molecular formula is C30H40N2O8. The van der Waals surface area contributed by atoms with Crippen LogP contribution in [-0.4, -0.2) is 52.8 Å². The Bertz CT molecular complexity index is 1080. The van der Waals surface area contributed by atoms with Crippen LogP contribution in [0.4, 0.5) is 9.59 Å². The third kappa shape index (κ3) is 14.8. The number of amides is 2. The fourth-order valence-corrected chi connectivity index (χ4v) is 3.48. The van der Waals surface area contributed by atoms with Gasteiger partial charge in [-0.1, -0.05) is 74.5 Å². The predicted molar refractivity (Wildman–Crippen MR) is 149 cm³/mol. The summed E-state index contributed by atoms with van der Waals surface area (Å²) in [5, 5.41) is 14.8. The average molecular weight is 557 g/mol. The van der Waals surface area contributed by atoms with E-state index < -0.39 is 30.4 Å². The summed E-state index contributed by atoms with van der Waals surface area (Å²) in [4.78, 5) is 57.2. The van der Waals surface area contributed by atoms with Gasteiger partial charge in [0.1, 0.15) is 24.8 Å². The van der Waals surface area contributed by atoms with E-state index in [-0.39, 0.29) is 49.8 Å². The van der Waals surface area contributed by atoms with Gasteiger partial charge in [0.25, 0.3) is 0 Å². The second-order valence-electron chi connectivity index (χ2n) is 9.18. The van der Waals surface area contributed by atoms with Crippen molar-refractivity contribution in [3.63, 3.8) is 0 Å². The first kappa shape index (κ1) is 34.0. The standard InChI is InChI=1S/C15H21NO4.C15H19NO4/c2*1-3-14(18)13(9-11(2)17)16-15(19)20-10-12-7-5-4-6-8-12/h4-8,13-14,18H,3,9-10H2,1-2H3,(H,16,19);4-8,13H,3,9-10H2,1-2H3,(H,16,19)/t13-,14?;13-/m00/s1. The SMILES string of the molecule is CCC(=O)[C@H](CC(C)=O)NC(=O)OCc1ccccc1.CCC(O)[C@H](CC(C)=O)NC(=O)OCc1ccccc1. The molecule has 0 aliphatic heterocycles. The summed E-state index contributed by atoms with van der Waals surface area (Å²) < 4.78 is 10.1. The van der Waals surface area contributed by atoms with Gasteiger partial charge in [-0.05, 0) is 31.4 Å². The Balaban J connectivity index is 0.000000400. The van der Waals surface area contributed by atoms with Crippen molar-refractivity contribution in [1.29, 1.82) is 0 Å². The van der Waals surface area contributed by atoms with E-state index in [0.717, 1.165) is 11.1 Å². The lowest BCUT2D eigenvalue weighted by atomic mass is 10.0. The Morgan fingerprint density at radius 3 is 1.57 bits per heavy atom. The molecule has 218 valence electrons. The second kappa shape index (κ2) is 19.1. The lowest BCUT2D eigenvalue weighted by Crippen LogP contribution is -2.44. The van der Waals surface area contributed by atoms with E-state index in [0.29, 0.717) is 6.42 Å². The Kier molecular flexibility index (Phi) is 16.2. The zero-order valence-corrected chi connectivity index (χ0v) is 23.6. The number of carbonyl (C=O) groups excluding carboxylic acids is 5. The lowest BCUT2D eigenvalue weighted by molar-refractivity contribution is -0.125. The van der Waals surface area contributed by atoms with E-state index in [1.54, 1.807) is 13.8 Å². The van der Waals surface area contributed by atoms with E-state index in [2.05, 4.69) is 10.6 Å². The minimum atomic E-state index is -0.805. The van der Waals surface area contributed by atoms with Crippen molar-refractivity contribution in [2.45, 2.75) is 84.8 Å². The first-order valence-electron chi connectivity index (χ1n) is 13.2. The normalized spacial score (nSPS) is 12.4. The molecule has 0 bridgehead atoms. The van der Waals surface area contributed by atoms with Crippen LogP contribution in [0.1, 0.15) is 64.5 Å². The molecule has 0 spiro atoms. The molecule has 2 aromatic carbocycles. The maximum absolute atomic E-state index is 11.7. The van der Waals surface area contributed by atoms with E-state index >= 15 is 0 Å². The predicted octanol–water partition coefficient (Wildman–Crippen LogP) is 4.27. The van der Waals surface area contributed by atoms with Crippen molar-refractivity contribution in [2.24, 2.45) is 0 Å². The molecule has 1 unspecified atom stereocenters. The number of ketones is 3. The topological polar surface area (TPSA) is 148 Å². The van der Waals surface area contributed by atoms with Gasteiger partial charge in [0.2, 0.25) is 0 Å². The molecule has 2 amide bonds. The van der Waals surface area contributed by atoms with Gasteiger partial charge in [-0.15, -0.1) is 0 Å². The molecule has 10 heteroatoms. The van der Waals surface area contributed by atoms with Crippen molar-refractivity contribution < 1.29 is 38.6 Å². The molecule has 0 radical (unpaired) electrons. The highest BCUT2D eigenvalue weighted by atomic mass is 16.6. The number of hydrogen-bond donors (Lipinski definition) is 3. The highest BCUT2D eigenvalue weighted by Crippen LogP contribution is 2.07. The molecule has 0 aliphatic rings. The van der Waals surface area contributed by atoms with Gasteiger partial charge in [-0.2, -0.15) is 0 Å². The van der Waals surface area contributed by atoms with Crippen molar-refractivity contribution in [1.82, 2.24) is 10.6 Å². The number of rotatable bonds is 14. The maximum Gasteiger partial charge on any atom is 0.408 e. The van der Waals surface area contributed by atoms with Gasteiger partial charge in [0.05, 0.1) is 18.2 Å². The van der Waals surface area contributed by atoms with E-state index in [1.165, 1.54) is 13.8 Å². The largest absolute Gasteiger partial charge is 0.445 e. The fourth-order valence-electron chi connectivity index (χ4n) is 3.48. The van der Waals surface area contributed by atoms with Crippen molar-refractivity contribution in [3.8, 4) is 0 Å². The summed E-state index contributed by atoms with van der Waals surface area (Å²) in [6.07, 6.45) is -1.28. The molecular weight excluding hydrogens is 516 g/mol. The quantitative estimate of drug-likeness (QED) is 0.312. The van der Waals surface area contributed by atoms with Crippen molar-refractivity contribution in [3.05, 3.63) is 71.8 Å². The Morgan fingerprint density at radius 2 is 1.18 bits per heavy atom. The van der Waals surface area contributed by atoms with E-state index in [4.69, 9.17) is 9.47 Å². The fraction of sp³-hybridized carbons (Fsp3) is 0.433. The highest BCUT2D eigenvalue weighted by Gasteiger charge is 2.22. The average Bonchev–Trinajstić information content (AvgIpc) is 2.94. The van der Waals surface area contributed by atoms with Crippen LogP contribution in [-0.2, 0) is 37.1 Å². The van der Waals surface area contributed by atoms with Crippen molar-refractivity contribution in [2.75, 3.05) is 0 Å². The van der Waals surface area contributed by atoms with E-state index in [1.807, 2.05) is 60.7 Å². The van der Waals surface area contributed by atoms with Gasteiger partial charge in [-0.25, -0.2) is 9.59 Å². The third-order valence-corrected chi connectivity index (χ3v) is 5.64. The molecule has 3 atom stereocenters. The number of aliphatic hydroxyl groups is 1. The number of alkyl carbamates (subject to hydrolysis) is 2. The van der Waals surface area contributed by atoms with Gasteiger partial charge >= 0.3 is 12.2 Å². The van der Waals surface area contributed by atoms with Crippen LogP contribution in [0.3, 0.4) is 0 Å². The molecule has 0 saturated carbocycles. The van der Waals surface area contributed by atoms with Crippen LogP contribution in [0.25, 0.3) is 0 Å². The lowest BCUT2D eigenvalue weighted by Gasteiger charge is -2.21. The number of Topliss-reactive ketones (excluding diaryl/α,β-unsaturated/α-hetero) is 3. The summed E-state index contributed by atoms with van der Waals surface area (Å²) in [7, 11) is 0. The summed E-state index contributed by atoms with van der Waals surface area (Å²) in [6.45, 7) is 6.56. The highest BCUT2D eigenvalue weighted by molar-refractivity contribution is 5.91. The minimum Gasteiger partial charge on any atom is -0.445 e. The smallest absolute Gasteiger partial charge is 0.408 e. The molecule has 3 N–H and O–H groups in total. The first-order valence-corrected chi connectivity index (χ1v) is 13.2. The van der Waals surface area contributed by atoms with Crippen LogP contribution in [0.15, 0.2) is 60.7 Å². The second-order valence-corrected chi connectivity index (χ2v) is 9.18. The molecule has 2 aromatic rings. The molecule has 0 aliphatic carbocycles. The molecule has 10 nitrogen and oxygen atoms in total. The zero-order valence-electron chi connectivity index (χ0n) is 23.6. The monoisotopic (exact) mass is 556 g/mol. The van der Waals surface area contributed by atoms with Crippen LogP contribution in [0.2, 0.25) is 0 Å². The molecule has 0 saturated heterocycles. The van der Waals surface area contributed by atoms with Gasteiger partial charge in [0.15, 0.2) is 5.78 Å². The molecule has 40 heavy (non-hydrogen) atoms. The Morgan fingerprint density at radius 1 is 0.725 bits per heavy atom. The maximum atomic E-state index is 11.7. The summed E-state index contributed by atoms with van der Waals surface area (Å²) >= 11 is 0. The number of hydrogen-bond acceptors (Lipinski definition) is 8. The molecule has 0 fully saturated rings. The Hall–Kier alpha value is -4.05. The summed E-state index contributed by atoms with van der Waals surface area (Å²) in [5.41, 5.74) is 1.73. The molecule has 0 aromatic heterocycles. The van der Waals surface area contributed by atoms with Crippen LogP contribution < -0.4 is 10.6 Å². The number of benzene rings is 2. The number of carbonyl (C=O) groups is 5. The number of nitrogens with one attached hydrogen (secondary N) is 2. The number of ether oxygens (including phenoxy) is 2. The van der Waals surface area contributed by atoms with Gasteiger partial charge in [-0.3, -0.25) is 14.4 Å². The molecule has 2 rings (SSSR count). The third-order valence-electron chi connectivity index (χ3n) is 5.64. The first-order chi connectivity index (χ1) is 19.0. The summed E-state index contributed by atoms with van der Waals surface area (Å²) in [5.74, 6) is -0.428. The zero-order chi connectivity index (χ0) is 29.9. The number of aliphatic hydroxyl groups excluding tert-OH is 1.